The Kier molecular flexibility index (Phi) is 3.41. The average Bonchev–Trinajstić information content (AvgIpc) is 3.10. The Balaban J connectivity index is 1.69. The van der Waals surface area contributed by atoms with E-state index in [1.165, 1.54) is 17.3 Å². The number of hydrogen-bond acceptors (Lipinski definition) is 8. The topological polar surface area (TPSA) is 125 Å². The van der Waals surface area contributed by atoms with Crippen LogP contribution in [0.5, 0.6) is 0 Å². The Morgan fingerprint density at radius 2 is 2.19 bits per heavy atom. The second kappa shape index (κ2) is 5.53. The normalized spacial score (nSPS) is 10.7. The van der Waals surface area contributed by atoms with E-state index in [2.05, 4.69) is 35.3 Å². The molecule has 0 bridgehead atoms. The maximum Gasteiger partial charge on any atom is 0.258 e. The molecule has 0 aliphatic carbocycles. The Labute approximate surface area is 120 Å². The summed E-state index contributed by atoms with van der Waals surface area (Å²) in [6.45, 7) is 0.630. The molecule has 0 aliphatic rings. The van der Waals surface area contributed by atoms with Crippen molar-refractivity contribution in [2.45, 2.75) is 6.42 Å². The van der Waals surface area contributed by atoms with E-state index in [0.717, 1.165) is 12.2 Å². The molecule has 3 N–H and O–H groups in total. The molecule has 10 heteroatoms. The molecule has 0 radical (unpaired) electrons. The van der Waals surface area contributed by atoms with Crippen molar-refractivity contribution in [2.24, 2.45) is 7.05 Å². The van der Waals surface area contributed by atoms with Gasteiger partial charge in [0.2, 0.25) is 11.9 Å². The minimum atomic E-state index is 0.120. The number of nitrogen functional groups attached to an aromatic ring is 1. The number of nitrogens with two attached hydrogens (primary N) is 1. The standard InChI is InChI=1S/C11H14N10/c1-20-5-4-14-8(20)2-3-15-10-17-9(12)18-11(19-10)21-7-13-6-16-21/h4-7H,2-3H2,1H3,(H3,12,15,17,18,19). The van der Waals surface area contributed by atoms with E-state index in [4.69, 9.17) is 5.73 Å². The van der Waals surface area contributed by atoms with Gasteiger partial charge in [0, 0.05) is 32.4 Å². The Morgan fingerprint density at radius 1 is 1.29 bits per heavy atom. The second-order valence-electron chi connectivity index (χ2n) is 4.29. The van der Waals surface area contributed by atoms with E-state index < -0.39 is 0 Å². The first-order valence-electron chi connectivity index (χ1n) is 6.29. The number of hydrogen-bond donors (Lipinski definition) is 2. The van der Waals surface area contributed by atoms with Crippen molar-refractivity contribution >= 4 is 11.9 Å². The van der Waals surface area contributed by atoms with Crippen molar-refractivity contribution in [3.8, 4) is 5.95 Å². The maximum absolute atomic E-state index is 5.68. The van der Waals surface area contributed by atoms with Gasteiger partial charge in [-0.2, -0.15) is 24.7 Å². The van der Waals surface area contributed by atoms with Crippen LogP contribution in [0.4, 0.5) is 11.9 Å². The van der Waals surface area contributed by atoms with Crippen LogP contribution in [-0.4, -0.2) is 45.8 Å². The molecule has 3 rings (SSSR count). The van der Waals surface area contributed by atoms with Crippen LogP contribution < -0.4 is 11.1 Å². The van der Waals surface area contributed by atoms with E-state index in [9.17, 15) is 0 Å². The molecule has 3 aromatic heterocycles. The molecule has 3 heterocycles. The fourth-order valence-corrected chi connectivity index (χ4v) is 1.80. The van der Waals surface area contributed by atoms with E-state index in [-0.39, 0.29) is 5.95 Å². The SMILES string of the molecule is Cn1ccnc1CCNc1nc(N)nc(-n2cncn2)n1. The van der Waals surface area contributed by atoms with E-state index in [1.807, 2.05) is 17.8 Å². The number of aryl methyl sites for hydroxylation is 1. The van der Waals surface area contributed by atoms with Gasteiger partial charge in [-0.15, -0.1) is 0 Å². The quantitative estimate of drug-likeness (QED) is 0.638. The zero-order valence-electron chi connectivity index (χ0n) is 11.4. The Hall–Kier alpha value is -3.04. The van der Waals surface area contributed by atoms with Gasteiger partial charge in [-0.05, 0) is 0 Å². The van der Waals surface area contributed by atoms with Crippen molar-refractivity contribution in [1.29, 1.82) is 0 Å². The van der Waals surface area contributed by atoms with Crippen LogP contribution in [-0.2, 0) is 13.5 Å². The molecule has 0 atom stereocenters. The summed E-state index contributed by atoms with van der Waals surface area (Å²) in [5, 5.41) is 7.05. The Bertz CT molecular complexity index is 716. The summed E-state index contributed by atoms with van der Waals surface area (Å²) in [6.07, 6.45) is 7.30. The van der Waals surface area contributed by atoms with Gasteiger partial charge in [0.1, 0.15) is 18.5 Å². The highest BCUT2D eigenvalue weighted by molar-refractivity contribution is 5.34. The summed E-state index contributed by atoms with van der Waals surface area (Å²) in [4.78, 5) is 20.4. The van der Waals surface area contributed by atoms with Crippen LogP contribution in [0.2, 0.25) is 0 Å². The monoisotopic (exact) mass is 286 g/mol. The first kappa shape index (κ1) is 13.0. The highest BCUT2D eigenvalue weighted by atomic mass is 15.4. The molecule has 0 spiro atoms. The summed E-state index contributed by atoms with van der Waals surface area (Å²) in [5.41, 5.74) is 5.68. The lowest BCUT2D eigenvalue weighted by Crippen LogP contribution is -2.14. The molecule has 3 aromatic rings. The fourth-order valence-electron chi connectivity index (χ4n) is 1.80. The minimum absolute atomic E-state index is 0.120. The molecule has 10 nitrogen and oxygen atoms in total. The Morgan fingerprint density at radius 3 is 2.90 bits per heavy atom. The lowest BCUT2D eigenvalue weighted by atomic mass is 10.4. The predicted octanol–water partition coefficient (Wildman–Crippen LogP) is -0.577. The summed E-state index contributed by atoms with van der Waals surface area (Å²) in [5.74, 6) is 1.80. The lowest BCUT2D eigenvalue weighted by molar-refractivity contribution is 0.777. The van der Waals surface area contributed by atoms with Crippen molar-refractivity contribution in [3.05, 3.63) is 30.9 Å². The van der Waals surface area contributed by atoms with Crippen LogP contribution >= 0.6 is 0 Å². The van der Waals surface area contributed by atoms with Crippen molar-refractivity contribution in [3.63, 3.8) is 0 Å². The van der Waals surface area contributed by atoms with Crippen LogP contribution in [0.25, 0.3) is 5.95 Å². The van der Waals surface area contributed by atoms with Gasteiger partial charge in [-0.25, -0.2) is 9.97 Å². The molecule has 0 amide bonds. The zero-order chi connectivity index (χ0) is 14.7. The molecule has 0 saturated carbocycles. The third kappa shape index (κ3) is 2.94. The number of rotatable bonds is 5. The molecular formula is C11H14N10. The molecule has 108 valence electrons. The lowest BCUT2D eigenvalue weighted by Gasteiger charge is -2.07. The molecule has 0 aromatic carbocycles. The third-order valence-electron chi connectivity index (χ3n) is 2.82. The summed E-state index contributed by atoms with van der Waals surface area (Å²) < 4.78 is 3.38. The van der Waals surface area contributed by atoms with Gasteiger partial charge in [0.25, 0.3) is 5.95 Å². The number of aromatic nitrogens is 8. The zero-order valence-corrected chi connectivity index (χ0v) is 11.4. The molecular weight excluding hydrogens is 272 g/mol. The molecule has 0 saturated heterocycles. The minimum Gasteiger partial charge on any atom is -0.368 e. The van der Waals surface area contributed by atoms with Crippen LogP contribution in [0.3, 0.4) is 0 Å². The highest BCUT2D eigenvalue weighted by Crippen LogP contribution is 2.06. The molecule has 0 fully saturated rings. The second-order valence-corrected chi connectivity index (χ2v) is 4.29. The first-order chi connectivity index (χ1) is 10.2. The van der Waals surface area contributed by atoms with Gasteiger partial charge >= 0.3 is 0 Å². The number of nitrogens with zero attached hydrogens (tertiary/aromatic N) is 8. The predicted molar refractivity (Wildman–Crippen MR) is 74.6 cm³/mol. The number of anilines is 2. The van der Waals surface area contributed by atoms with Gasteiger partial charge < -0.3 is 15.6 Å². The van der Waals surface area contributed by atoms with Crippen LogP contribution in [0.1, 0.15) is 5.82 Å². The smallest absolute Gasteiger partial charge is 0.258 e. The van der Waals surface area contributed by atoms with Gasteiger partial charge in [0.15, 0.2) is 0 Å². The van der Waals surface area contributed by atoms with Gasteiger partial charge in [-0.3, -0.25) is 0 Å². The van der Waals surface area contributed by atoms with Gasteiger partial charge in [0.05, 0.1) is 0 Å². The molecule has 0 unspecified atom stereocenters. The average molecular weight is 286 g/mol. The number of imidazole rings is 1. The summed E-state index contributed by atoms with van der Waals surface area (Å²) in [6, 6.07) is 0. The van der Waals surface area contributed by atoms with Gasteiger partial charge in [-0.1, -0.05) is 0 Å². The summed E-state index contributed by atoms with van der Waals surface area (Å²) >= 11 is 0. The largest absolute Gasteiger partial charge is 0.368 e. The van der Waals surface area contributed by atoms with Crippen molar-refractivity contribution < 1.29 is 0 Å². The van der Waals surface area contributed by atoms with E-state index >= 15 is 0 Å². The van der Waals surface area contributed by atoms with E-state index in [0.29, 0.717) is 18.4 Å². The molecule has 21 heavy (non-hydrogen) atoms. The highest BCUT2D eigenvalue weighted by Gasteiger charge is 2.07. The number of nitrogens with one attached hydrogen (secondary N) is 1. The van der Waals surface area contributed by atoms with Crippen molar-refractivity contribution in [2.75, 3.05) is 17.6 Å². The van der Waals surface area contributed by atoms with Crippen LogP contribution in [0, 0.1) is 0 Å². The fraction of sp³-hybridized carbons (Fsp3) is 0.273. The summed E-state index contributed by atoms with van der Waals surface area (Å²) in [7, 11) is 1.95. The van der Waals surface area contributed by atoms with Crippen molar-refractivity contribution in [1.82, 2.24) is 39.3 Å². The maximum atomic E-state index is 5.68. The molecule has 0 aliphatic heterocycles. The van der Waals surface area contributed by atoms with E-state index in [1.54, 1.807) is 6.20 Å². The van der Waals surface area contributed by atoms with Crippen LogP contribution in [0.15, 0.2) is 25.0 Å². The first-order valence-corrected chi connectivity index (χ1v) is 6.29. The third-order valence-corrected chi connectivity index (χ3v) is 2.82.